The fourth-order valence-electron chi connectivity index (χ4n) is 1.69. The molecule has 7 heteroatoms. The lowest BCUT2D eigenvalue weighted by Gasteiger charge is -2.20. The molecule has 0 saturated carbocycles. The standard InChI is InChI=1S/C13H20Cl2N2O2S/c1-9(2)6-7-17(3)20(18,19)12-5-4-11(14)10(8-16)13(12)15/h4-5,9H,6-8,16H2,1-3H3. The maximum absolute atomic E-state index is 12.5. The average Bonchev–Trinajstić information content (AvgIpc) is 2.35. The van der Waals surface area contributed by atoms with Gasteiger partial charge in [0.15, 0.2) is 0 Å². The second-order valence-corrected chi connectivity index (χ2v) is 7.85. The molecule has 0 fully saturated rings. The van der Waals surface area contributed by atoms with Gasteiger partial charge in [0.1, 0.15) is 4.90 Å². The predicted octanol–water partition coefficient (Wildman–Crippen LogP) is 3.12. The lowest BCUT2D eigenvalue weighted by Crippen LogP contribution is -2.29. The van der Waals surface area contributed by atoms with E-state index in [1.807, 2.05) is 13.8 Å². The molecule has 0 atom stereocenters. The van der Waals surface area contributed by atoms with Crippen LogP contribution in [0, 0.1) is 5.92 Å². The number of sulfonamides is 1. The zero-order valence-electron chi connectivity index (χ0n) is 11.9. The molecule has 2 N–H and O–H groups in total. The van der Waals surface area contributed by atoms with Crippen molar-refractivity contribution in [2.24, 2.45) is 11.7 Å². The molecule has 20 heavy (non-hydrogen) atoms. The Morgan fingerprint density at radius 2 is 1.90 bits per heavy atom. The second-order valence-electron chi connectivity index (χ2n) is 5.05. The first kappa shape index (κ1) is 17.7. The molecule has 1 rings (SSSR count). The molecule has 4 nitrogen and oxygen atoms in total. The summed E-state index contributed by atoms with van der Waals surface area (Å²) in [6.07, 6.45) is 0.782. The summed E-state index contributed by atoms with van der Waals surface area (Å²) in [5.74, 6) is 0.424. The van der Waals surface area contributed by atoms with Crippen molar-refractivity contribution in [3.8, 4) is 0 Å². The zero-order chi connectivity index (χ0) is 15.5. The van der Waals surface area contributed by atoms with E-state index in [4.69, 9.17) is 28.9 Å². The second kappa shape index (κ2) is 7.09. The Morgan fingerprint density at radius 1 is 1.30 bits per heavy atom. The Morgan fingerprint density at radius 3 is 2.40 bits per heavy atom. The van der Waals surface area contributed by atoms with Crippen molar-refractivity contribution in [3.63, 3.8) is 0 Å². The van der Waals surface area contributed by atoms with Gasteiger partial charge in [-0.25, -0.2) is 12.7 Å². The van der Waals surface area contributed by atoms with Crippen molar-refractivity contribution < 1.29 is 8.42 Å². The summed E-state index contributed by atoms with van der Waals surface area (Å²) >= 11 is 12.1. The van der Waals surface area contributed by atoms with Gasteiger partial charge in [0.05, 0.1) is 5.02 Å². The molecule has 1 aromatic carbocycles. The van der Waals surface area contributed by atoms with Crippen LogP contribution in [0.15, 0.2) is 17.0 Å². The van der Waals surface area contributed by atoms with Gasteiger partial charge < -0.3 is 5.73 Å². The van der Waals surface area contributed by atoms with Crippen LogP contribution in [0.2, 0.25) is 10.0 Å². The Bertz CT molecular complexity index is 574. The van der Waals surface area contributed by atoms with E-state index in [2.05, 4.69) is 0 Å². The normalized spacial score (nSPS) is 12.4. The van der Waals surface area contributed by atoms with E-state index in [1.165, 1.54) is 16.4 Å². The van der Waals surface area contributed by atoms with E-state index >= 15 is 0 Å². The summed E-state index contributed by atoms with van der Waals surface area (Å²) in [5.41, 5.74) is 6.01. The maximum atomic E-state index is 12.5. The molecule has 0 aliphatic heterocycles. The Hall–Kier alpha value is -0.330. The molecule has 114 valence electrons. The summed E-state index contributed by atoms with van der Waals surface area (Å²) in [6, 6.07) is 2.93. The van der Waals surface area contributed by atoms with Crippen molar-refractivity contribution in [1.29, 1.82) is 0 Å². The van der Waals surface area contributed by atoms with Gasteiger partial charge in [-0.2, -0.15) is 0 Å². The number of nitrogens with two attached hydrogens (primary N) is 1. The summed E-state index contributed by atoms with van der Waals surface area (Å²) in [7, 11) is -2.08. The molecule has 0 radical (unpaired) electrons. The van der Waals surface area contributed by atoms with E-state index in [9.17, 15) is 8.42 Å². The highest BCUT2D eigenvalue weighted by molar-refractivity contribution is 7.89. The summed E-state index contributed by atoms with van der Waals surface area (Å²) < 4.78 is 26.3. The molecule has 0 aromatic heterocycles. The minimum atomic E-state index is -3.63. The first-order valence-corrected chi connectivity index (χ1v) is 8.54. The van der Waals surface area contributed by atoms with E-state index in [1.54, 1.807) is 7.05 Å². The van der Waals surface area contributed by atoms with Gasteiger partial charge >= 0.3 is 0 Å². The molecule has 0 saturated heterocycles. The minimum Gasteiger partial charge on any atom is -0.326 e. The predicted molar refractivity (Wildman–Crippen MR) is 83.6 cm³/mol. The SMILES string of the molecule is CC(C)CCN(C)S(=O)(=O)c1ccc(Cl)c(CN)c1Cl. The number of hydrogen-bond acceptors (Lipinski definition) is 3. The van der Waals surface area contributed by atoms with E-state index in [0.717, 1.165) is 6.42 Å². The summed E-state index contributed by atoms with van der Waals surface area (Å²) in [5, 5.41) is 0.484. The minimum absolute atomic E-state index is 0.0512. The van der Waals surface area contributed by atoms with Crippen molar-refractivity contribution in [2.45, 2.75) is 31.7 Å². The Kier molecular flexibility index (Phi) is 6.28. The lowest BCUT2D eigenvalue weighted by atomic mass is 10.1. The van der Waals surface area contributed by atoms with Crippen molar-refractivity contribution in [3.05, 3.63) is 27.7 Å². The largest absolute Gasteiger partial charge is 0.326 e. The van der Waals surface area contributed by atoms with Gasteiger partial charge in [0.2, 0.25) is 10.0 Å². The van der Waals surface area contributed by atoms with Gasteiger partial charge in [-0.05, 0) is 24.5 Å². The van der Waals surface area contributed by atoms with E-state index < -0.39 is 10.0 Å². The van der Waals surface area contributed by atoms with Crippen LogP contribution in [0.4, 0.5) is 0 Å². The van der Waals surface area contributed by atoms with Crippen LogP contribution in [0.1, 0.15) is 25.8 Å². The van der Waals surface area contributed by atoms with Gasteiger partial charge in [-0.15, -0.1) is 0 Å². The van der Waals surface area contributed by atoms with E-state index in [-0.39, 0.29) is 16.5 Å². The van der Waals surface area contributed by atoms with Crippen molar-refractivity contribution in [1.82, 2.24) is 4.31 Å². The molecule has 0 heterocycles. The Labute approximate surface area is 130 Å². The summed E-state index contributed by atoms with van der Waals surface area (Å²) in [4.78, 5) is 0.0512. The number of halogens is 2. The fraction of sp³-hybridized carbons (Fsp3) is 0.538. The zero-order valence-corrected chi connectivity index (χ0v) is 14.2. The van der Waals surface area contributed by atoms with Crippen LogP contribution in [-0.4, -0.2) is 26.3 Å². The van der Waals surface area contributed by atoms with Crippen LogP contribution in [0.5, 0.6) is 0 Å². The number of nitrogens with zero attached hydrogens (tertiary/aromatic N) is 1. The van der Waals surface area contributed by atoms with Gasteiger partial charge in [0, 0.05) is 30.7 Å². The first-order valence-electron chi connectivity index (χ1n) is 6.35. The van der Waals surface area contributed by atoms with Crippen LogP contribution >= 0.6 is 23.2 Å². The molecular formula is C13H20Cl2N2O2S. The first-order chi connectivity index (χ1) is 9.21. The molecule has 0 aliphatic carbocycles. The third-order valence-electron chi connectivity index (χ3n) is 3.06. The van der Waals surface area contributed by atoms with Crippen LogP contribution in [0.25, 0.3) is 0 Å². The highest BCUT2D eigenvalue weighted by atomic mass is 35.5. The fourth-order valence-corrected chi connectivity index (χ4v) is 3.78. The molecule has 0 bridgehead atoms. The van der Waals surface area contributed by atoms with E-state index in [0.29, 0.717) is 23.0 Å². The van der Waals surface area contributed by atoms with Gasteiger partial charge in [0.25, 0.3) is 0 Å². The maximum Gasteiger partial charge on any atom is 0.244 e. The molecule has 0 aliphatic rings. The molecule has 0 unspecified atom stereocenters. The van der Waals surface area contributed by atoms with Gasteiger partial charge in [-0.1, -0.05) is 37.0 Å². The highest BCUT2D eigenvalue weighted by Crippen LogP contribution is 2.32. The van der Waals surface area contributed by atoms with Crippen molar-refractivity contribution in [2.75, 3.05) is 13.6 Å². The lowest BCUT2D eigenvalue weighted by molar-refractivity contribution is 0.428. The third-order valence-corrected chi connectivity index (χ3v) is 5.86. The third kappa shape index (κ3) is 3.86. The smallest absolute Gasteiger partial charge is 0.244 e. The highest BCUT2D eigenvalue weighted by Gasteiger charge is 2.25. The Balaban J connectivity index is 3.16. The van der Waals surface area contributed by atoms with Crippen LogP contribution in [0.3, 0.4) is 0 Å². The average molecular weight is 339 g/mol. The van der Waals surface area contributed by atoms with Crippen molar-refractivity contribution >= 4 is 33.2 Å². The van der Waals surface area contributed by atoms with Gasteiger partial charge in [-0.3, -0.25) is 0 Å². The monoisotopic (exact) mass is 338 g/mol. The summed E-state index contributed by atoms with van der Waals surface area (Å²) in [6.45, 7) is 4.62. The molecule has 0 amide bonds. The number of benzene rings is 1. The quantitative estimate of drug-likeness (QED) is 0.866. The molecule has 0 spiro atoms. The van der Waals surface area contributed by atoms with Crippen LogP contribution < -0.4 is 5.73 Å². The number of hydrogen-bond donors (Lipinski definition) is 1. The number of rotatable bonds is 6. The topological polar surface area (TPSA) is 63.4 Å². The molecule has 1 aromatic rings. The molecular weight excluding hydrogens is 319 g/mol. The van der Waals surface area contributed by atoms with Crippen LogP contribution in [-0.2, 0) is 16.6 Å².